The smallest absolute Gasteiger partial charge is 0.325 e. The number of methoxy groups -OCH3 is 3. The lowest BCUT2D eigenvalue weighted by molar-refractivity contribution is -0.141. The highest BCUT2D eigenvalue weighted by Gasteiger charge is 2.24. The fraction of sp³-hybridized carbons (Fsp3) is 0.250. The molecule has 0 radical (unpaired) electrons. The largest absolute Gasteiger partial charge is 0.496 e. The Bertz CT molecular complexity index is 1200. The van der Waals surface area contributed by atoms with Crippen LogP contribution in [0.25, 0.3) is 16.9 Å². The van der Waals surface area contributed by atoms with E-state index in [1.807, 2.05) is 0 Å². The van der Waals surface area contributed by atoms with Gasteiger partial charge in [-0.25, -0.2) is 9.07 Å². The first kappa shape index (κ1) is 25.2. The molecule has 2 amide bonds. The lowest BCUT2D eigenvalue weighted by atomic mass is 10.1. The van der Waals surface area contributed by atoms with Gasteiger partial charge in [0.25, 0.3) is 5.91 Å². The third-order valence-electron chi connectivity index (χ3n) is 5.07. The minimum Gasteiger partial charge on any atom is -0.496 e. The molecule has 0 saturated carbocycles. The highest BCUT2D eigenvalue weighted by molar-refractivity contribution is 5.97. The molecule has 35 heavy (non-hydrogen) atoms. The fourth-order valence-corrected chi connectivity index (χ4v) is 3.27. The lowest BCUT2D eigenvalue weighted by Crippen LogP contribution is -2.46. The molecule has 184 valence electrons. The highest BCUT2D eigenvalue weighted by Crippen LogP contribution is 2.39. The number of hydrogen-bond donors (Lipinski definition) is 2. The second-order valence-corrected chi connectivity index (χ2v) is 7.33. The van der Waals surface area contributed by atoms with Crippen LogP contribution in [-0.4, -0.2) is 61.5 Å². The highest BCUT2D eigenvalue weighted by atomic mass is 19.1. The predicted molar refractivity (Wildman–Crippen MR) is 124 cm³/mol. The third-order valence-corrected chi connectivity index (χ3v) is 5.07. The average molecular weight is 484 g/mol. The summed E-state index contributed by atoms with van der Waals surface area (Å²) in [5, 5.41) is 9.32. The number of carbonyl (C=O) groups excluding carboxylic acids is 3. The summed E-state index contributed by atoms with van der Waals surface area (Å²) in [5.41, 5.74) is 1.44. The third kappa shape index (κ3) is 5.75. The molecule has 0 fully saturated rings. The monoisotopic (exact) mass is 484 g/mol. The van der Waals surface area contributed by atoms with Crippen LogP contribution < -0.4 is 20.1 Å². The number of aromatic nitrogens is 2. The van der Waals surface area contributed by atoms with E-state index in [4.69, 9.17) is 9.47 Å². The molecule has 3 aromatic rings. The van der Waals surface area contributed by atoms with Crippen molar-refractivity contribution in [3.63, 3.8) is 0 Å². The van der Waals surface area contributed by atoms with Crippen molar-refractivity contribution < 1.29 is 33.0 Å². The number of hydrogen-bond acceptors (Lipinski definition) is 7. The van der Waals surface area contributed by atoms with Crippen molar-refractivity contribution in [3.8, 4) is 28.4 Å². The number of halogens is 1. The Morgan fingerprint density at radius 1 is 1.03 bits per heavy atom. The molecule has 2 N–H and O–H groups in total. The van der Waals surface area contributed by atoms with E-state index >= 15 is 0 Å². The van der Waals surface area contributed by atoms with E-state index in [-0.39, 0.29) is 12.2 Å². The Morgan fingerprint density at radius 3 is 2.23 bits per heavy atom. The van der Waals surface area contributed by atoms with Crippen LogP contribution in [0.5, 0.6) is 11.5 Å². The topological polar surface area (TPSA) is 121 Å². The number of amides is 2. The number of benzene rings is 2. The van der Waals surface area contributed by atoms with Gasteiger partial charge in [-0.15, -0.1) is 0 Å². The maximum atomic E-state index is 13.6. The predicted octanol–water partition coefficient (Wildman–Crippen LogP) is 2.10. The molecule has 11 heteroatoms. The number of esters is 1. The SMILES string of the molecule is COC(=O)CNC(=O)[C@H](C)NC(=O)c1cc(-c2c(OC)cccc2OC)n(-c2ccc(F)cc2)n1. The molecule has 3 rings (SSSR count). The van der Waals surface area contributed by atoms with Crippen LogP contribution in [0.4, 0.5) is 4.39 Å². The standard InChI is InChI=1S/C24H25FN4O6/c1-14(23(31)26-13-21(30)35-4)27-24(32)17-12-18(22-19(33-2)6-5-7-20(22)34-3)29(28-17)16-10-8-15(25)9-11-16/h5-12,14H,13H2,1-4H3,(H,26,31)(H,27,32)/t14-/m0/s1. The molecular formula is C24H25FN4O6. The van der Waals surface area contributed by atoms with Crippen LogP contribution in [0.1, 0.15) is 17.4 Å². The van der Waals surface area contributed by atoms with Gasteiger partial charge in [0.1, 0.15) is 29.9 Å². The number of nitrogens with one attached hydrogen (secondary N) is 2. The molecule has 0 aliphatic carbocycles. The lowest BCUT2D eigenvalue weighted by Gasteiger charge is -2.14. The van der Waals surface area contributed by atoms with Gasteiger partial charge in [0, 0.05) is 0 Å². The molecule has 2 aromatic carbocycles. The minimum absolute atomic E-state index is 0.00935. The molecule has 10 nitrogen and oxygen atoms in total. The Labute approximate surface area is 201 Å². The van der Waals surface area contributed by atoms with Crippen LogP contribution in [0.2, 0.25) is 0 Å². The van der Waals surface area contributed by atoms with Gasteiger partial charge in [-0.05, 0) is 49.4 Å². The van der Waals surface area contributed by atoms with E-state index in [0.29, 0.717) is 28.4 Å². The van der Waals surface area contributed by atoms with Gasteiger partial charge in [-0.2, -0.15) is 5.10 Å². The molecule has 0 aliphatic rings. The summed E-state index contributed by atoms with van der Waals surface area (Å²) in [6, 6.07) is 11.3. The Hall–Kier alpha value is -4.41. The summed E-state index contributed by atoms with van der Waals surface area (Å²) in [7, 11) is 4.20. The number of rotatable bonds is 9. The number of carbonyl (C=O) groups is 3. The van der Waals surface area contributed by atoms with E-state index < -0.39 is 29.6 Å². The van der Waals surface area contributed by atoms with Gasteiger partial charge in [-0.3, -0.25) is 14.4 Å². The van der Waals surface area contributed by atoms with Crippen LogP contribution in [0, 0.1) is 5.82 Å². The summed E-state index contributed by atoms with van der Waals surface area (Å²) in [6.07, 6.45) is 0. The quantitative estimate of drug-likeness (QED) is 0.446. The number of ether oxygens (including phenoxy) is 3. The van der Waals surface area contributed by atoms with Gasteiger partial charge in [-0.1, -0.05) is 6.07 Å². The maximum Gasteiger partial charge on any atom is 0.325 e. The van der Waals surface area contributed by atoms with Crippen LogP contribution in [0.15, 0.2) is 48.5 Å². The molecule has 0 spiro atoms. The Balaban J connectivity index is 1.99. The first-order valence-electron chi connectivity index (χ1n) is 10.5. The van der Waals surface area contributed by atoms with Crippen LogP contribution in [-0.2, 0) is 14.3 Å². The average Bonchev–Trinajstić information content (AvgIpc) is 3.31. The second kappa shape index (κ2) is 11.1. The summed E-state index contributed by atoms with van der Waals surface area (Å²) in [5.74, 6) is -1.33. The molecular weight excluding hydrogens is 459 g/mol. The first-order valence-corrected chi connectivity index (χ1v) is 10.5. The maximum absolute atomic E-state index is 13.6. The van der Waals surface area contributed by atoms with Crippen molar-refractivity contribution >= 4 is 17.8 Å². The van der Waals surface area contributed by atoms with Crippen molar-refractivity contribution in [2.24, 2.45) is 0 Å². The molecule has 0 unspecified atom stereocenters. The van der Waals surface area contributed by atoms with Crippen molar-refractivity contribution in [2.45, 2.75) is 13.0 Å². The van der Waals surface area contributed by atoms with E-state index in [9.17, 15) is 18.8 Å². The zero-order valence-electron chi connectivity index (χ0n) is 19.6. The molecule has 0 aliphatic heterocycles. The first-order chi connectivity index (χ1) is 16.8. The number of nitrogens with zero attached hydrogens (tertiary/aromatic N) is 2. The van der Waals surface area contributed by atoms with Crippen LogP contribution >= 0.6 is 0 Å². The summed E-state index contributed by atoms with van der Waals surface area (Å²) < 4.78 is 30.5. The Kier molecular flexibility index (Phi) is 8.03. The van der Waals surface area contributed by atoms with Crippen molar-refractivity contribution in [3.05, 3.63) is 60.0 Å². The van der Waals surface area contributed by atoms with Gasteiger partial charge in [0.15, 0.2) is 5.69 Å². The van der Waals surface area contributed by atoms with E-state index in [0.717, 1.165) is 0 Å². The summed E-state index contributed by atoms with van der Waals surface area (Å²) >= 11 is 0. The minimum atomic E-state index is -0.965. The van der Waals surface area contributed by atoms with E-state index in [1.54, 1.807) is 18.2 Å². The zero-order valence-corrected chi connectivity index (χ0v) is 19.6. The van der Waals surface area contributed by atoms with Gasteiger partial charge in [0.2, 0.25) is 5.91 Å². The second-order valence-electron chi connectivity index (χ2n) is 7.33. The molecule has 0 bridgehead atoms. The molecule has 1 atom stereocenters. The van der Waals surface area contributed by atoms with Gasteiger partial charge in [0.05, 0.1) is 38.3 Å². The van der Waals surface area contributed by atoms with Crippen LogP contribution in [0.3, 0.4) is 0 Å². The Morgan fingerprint density at radius 2 is 1.66 bits per heavy atom. The van der Waals surface area contributed by atoms with E-state index in [1.165, 1.54) is 63.3 Å². The molecule has 1 heterocycles. The summed E-state index contributed by atoms with van der Waals surface area (Å²) in [4.78, 5) is 36.4. The molecule has 0 saturated heterocycles. The van der Waals surface area contributed by atoms with E-state index in [2.05, 4.69) is 20.5 Å². The van der Waals surface area contributed by atoms with Crippen molar-refractivity contribution in [1.29, 1.82) is 0 Å². The normalized spacial score (nSPS) is 11.3. The van der Waals surface area contributed by atoms with Gasteiger partial charge < -0.3 is 24.8 Å². The molecule has 1 aromatic heterocycles. The van der Waals surface area contributed by atoms with Gasteiger partial charge >= 0.3 is 5.97 Å². The summed E-state index contributed by atoms with van der Waals surface area (Å²) in [6.45, 7) is 1.14. The van der Waals surface area contributed by atoms with Crippen molar-refractivity contribution in [2.75, 3.05) is 27.9 Å². The fourth-order valence-electron chi connectivity index (χ4n) is 3.27. The van der Waals surface area contributed by atoms with Crippen molar-refractivity contribution in [1.82, 2.24) is 20.4 Å². The zero-order chi connectivity index (χ0) is 25.5.